The molecular formula is C24H31F2NO4. The molecule has 7 heteroatoms. The van der Waals surface area contributed by atoms with Gasteiger partial charge in [0.2, 0.25) is 5.60 Å². The van der Waals surface area contributed by atoms with Crippen LogP contribution in [0.4, 0.5) is 8.78 Å². The maximum atomic E-state index is 15.1. The van der Waals surface area contributed by atoms with E-state index in [1.54, 1.807) is 44.2 Å². The molecule has 0 spiro atoms. The highest BCUT2D eigenvalue weighted by atomic mass is 19.1. The molecule has 1 heterocycles. The summed E-state index contributed by atoms with van der Waals surface area (Å²) >= 11 is 0. The van der Waals surface area contributed by atoms with Crippen molar-refractivity contribution < 1.29 is 28.5 Å². The van der Waals surface area contributed by atoms with Gasteiger partial charge in [0.15, 0.2) is 0 Å². The van der Waals surface area contributed by atoms with Crippen LogP contribution in [0, 0.1) is 5.92 Å². The summed E-state index contributed by atoms with van der Waals surface area (Å²) in [4.78, 5) is 14.0. The SMILES string of the molecule is CC(C)(F)CN1CCC(COC2(C(=O)O)C=CC(c3cccc(CO)c3)C=C2F)CC1. The smallest absolute Gasteiger partial charge is 0.347 e. The molecule has 1 aliphatic carbocycles. The van der Waals surface area contributed by atoms with Gasteiger partial charge in [-0.1, -0.05) is 30.3 Å². The Hall–Kier alpha value is -2.09. The largest absolute Gasteiger partial charge is 0.479 e. The summed E-state index contributed by atoms with van der Waals surface area (Å²) in [5, 5.41) is 19.1. The van der Waals surface area contributed by atoms with Crippen LogP contribution in [0.5, 0.6) is 0 Å². The third-order valence-electron chi connectivity index (χ3n) is 5.91. The molecule has 170 valence electrons. The van der Waals surface area contributed by atoms with Gasteiger partial charge in [0.1, 0.15) is 11.5 Å². The topological polar surface area (TPSA) is 70.0 Å². The van der Waals surface area contributed by atoms with E-state index in [9.17, 15) is 19.4 Å². The number of likely N-dealkylation sites (tertiary alicyclic amines) is 1. The van der Waals surface area contributed by atoms with E-state index in [2.05, 4.69) is 4.90 Å². The van der Waals surface area contributed by atoms with Crippen LogP contribution < -0.4 is 0 Å². The first kappa shape index (κ1) is 23.6. The second-order valence-electron chi connectivity index (χ2n) is 9.09. The Morgan fingerprint density at radius 2 is 2.03 bits per heavy atom. The highest BCUT2D eigenvalue weighted by Gasteiger charge is 2.45. The van der Waals surface area contributed by atoms with Crippen LogP contribution in [-0.4, -0.2) is 58.6 Å². The summed E-state index contributed by atoms with van der Waals surface area (Å²) in [7, 11) is 0. The molecule has 2 atom stereocenters. The number of halogens is 2. The van der Waals surface area contributed by atoms with E-state index >= 15 is 4.39 Å². The number of aliphatic carboxylic acids is 1. The van der Waals surface area contributed by atoms with Gasteiger partial charge in [-0.25, -0.2) is 13.6 Å². The molecule has 1 fully saturated rings. The Morgan fingerprint density at radius 3 is 2.61 bits per heavy atom. The molecule has 0 amide bonds. The first-order valence-corrected chi connectivity index (χ1v) is 10.7. The van der Waals surface area contributed by atoms with Crippen LogP contribution >= 0.6 is 0 Å². The van der Waals surface area contributed by atoms with Gasteiger partial charge in [-0.3, -0.25) is 0 Å². The third kappa shape index (κ3) is 5.79. The van der Waals surface area contributed by atoms with Gasteiger partial charge in [-0.05, 0) is 69.0 Å². The number of rotatable bonds is 8. The fourth-order valence-electron chi connectivity index (χ4n) is 4.21. The molecule has 1 saturated heterocycles. The zero-order chi connectivity index (χ0) is 22.6. The van der Waals surface area contributed by atoms with Crippen LogP contribution in [-0.2, 0) is 16.1 Å². The second kappa shape index (κ2) is 9.59. The van der Waals surface area contributed by atoms with E-state index in [1.807, 2.05) is 0 Å². The Morgan fingerprint density at radius 1 is 1.32 bits per heavy atom. The lowest BCUT2D eigenvalue weighted by atomic mass is 9.86. The molecule has 1 aromatic rings. The van der Waals surface area contributed by atoms with Crippen molar-refractivity contribution in [1.29, 1.82) is 0 Å². The van der Waals surface area contributed by atoms with Gasteiger partial charge in [0, 0.05) is 12.5 Å². The average molecular weight is 436 g/mol. The Labute approximate surface area is 182 Å². The Bertz CT molecular complexity index is 840. The lowest BCUT2D eigenvalue weighted by molar-refractivity contribution is -0.158. The van der Waals surface area contributed by atoms with Gasteiger partial charge >= 0.3 is 5.97 Å². The highest BCUT2D eigenvalue weighted by Crippen LogP contribution is 2.36. The molecule has 0 radical (unpaired) electrons. The predicted molar refractivity (Wildman–Crippen MR) is 114 cm³/mol. The van der Waals surface area contributed by atoms with E-state index < -0.39 is 29.0 Å². The van der Waals surface area contributed by atoms with Crippen LogP contribution in [0.2, 0.25) is 0 Å². The number of aliphatic hydroxyl groups is 1. The number of nitrogens with zero attached hydrogens (tertiary/aromatic N) is 1. The fraction of sp³-hybridized carbons (Fsp3) is 0.542. The minimum Gasteiger partial charge on any atom is -0.479 e. The molecule has 3 rings (SSSR count). The van der Waals surface area contributed by atoms with Gasteiger partial charge in [-0.2, -0.15) is 0 Å². The van der Waals surface area contributed by atoms with Crippen molar-refractivity contribution in [2.75, 3.05) is 26.2 Å². The van der Waals surface area contributed by atoms with Crippen LogP contribution in [0.1, 0.15) is 43.7 Å². The van der Waals surface area contributed by atoms with Crippen LogP contribution in [0.15, 0.2) is 48.3 Å². The molecule has 2 aliphatic rings. The van der Waals surface area contributed by atoms with Gasteiger partial charge < -0.3 is 19.8 Å². The summed E-state index contributed by atoms with van der Waals surface area (Å²) in [5.41, 5.74) is -1.91. The van der Waals surface area contributed by atoms with E-state index in [4.69, 9.17) is 4.74 Å². The molecule has 2 N–H and O–H groups in total. The summed E-state index contributed by atoms with van der Waals surface area (Å²) in [6.07, 6.45) is 5.66. The molecular weight excluding hydrogens is 404 g/mol. The van der Waals surface area contributed by atoms with Gasteiger partial charge in [0.05, 0.1) is 13.2 Å². The van der Waals surface area contributed by atoms with E-state index in [-0.39, 0.29) is 19.1 Å². The number of aliphatic hydroxyl groups excluding tert-OH is 1. The summed E-state index contributed by atoms with van der Waals surface area (Å²) in [5.74, 6) is -2.58. The van der Waals surface area contributed by atoms with Gasteiger partial charge in [0.25, 0.3) is 0 Å². The van der Waals surface area contributed by atoms with Crippen molar-refractivity contribution in [3.8, 4) is 0 Å². The number of carbonyl (C=O) groups is 1. The number of allylic oxidation sites excluding steroid dienone is 2. The van der Waals surface area contributed by atoms with Crippen molar-refractivity contribution in [3.05, 3.63) is 59.4 Å². The lowest BCUT2D eigenvalue weighted by Crippen LogP contribution is -2.45. The lowest BCUT2D eigenvalue weighted by Gasteiger charge is -2.36. The maximum Gasteiger partial charge on any atom is 0.347 e. The number of carboxylic acid groups (broad SMARTS) is 1. The molecule has 1 aromatic carbocycles. The first-order valence-electron chi connectivity index (χ1n) is 10.7. The van der Waals surface area contributed by atoms with Crippen molar-refractivity contribution in [3.63, 3.8) is 0 Å². The first-order chi connectivity index (χ1) is 14.6. The quantitative estimate of drug-likeness (QED) is 0.605. The number of alkyl halides is 1. The maximum absolute atomic E-state index is 15.1. The number of ether oxygens (including phenoxy) is 1. The highest BCUT2D eigenvalue weighted by molar-refractivity contribution is 5.84. The van der Waals surface area contributed by atoms with Crippen molar-refractivity contribution >= 4 is 5.97 Å². The summed E-state index contributed by atoms with van der Waals surface area (Å²) in [6, 6.07) is 7.10. The average Bonchev–Trinajstić information content (AvgIpc) is 2.72. The predicted octanol–water partition coefficient (Wildman–Crippen LogP) is 3.99. The van der Waals surface area contributed by atoms with E-state index in [0.717, 1.165) is 18.4 Å². The van der Waals surface area contributed by atoms with Crippen molar-refractivity contribution in [1.82, 2.24) is 4.90 Å². The Kier molecular flexibility index (Phi) is 7.29. The van der Waals surface area contributed by atoms with Crippen molar-refractivity contribution in [2.24, 2.45) is 5.92 Å². The standard InChI is InChI=1S/C24H31F2NO4/c1-23(2,26)16-27-10-7-17(8-11-27)15-31-24(22(29)30)9-6-20(13-21(24)25)19-5-3-4-18(12-19)14-28/h3-6,9,12-13,17,20,28H,7-8,10-11,14-16H2,1-2H3,(H,29,30). The molecule has 5 nitrogen and oxygen atoms in total. The normalized spacial score (nSPS) is 25.5. The number of hydrogen-bond acceptors (Lipinski definition) is 4. The number of hydrogen-bond donors (Lipinski definition) is 2. The zero-order valence-electron chi connectivity index (χ0n) is 18.1. The molecule has 0 saturated carbocycles. The zero-order valence-corrected chi connectivity index (χ0v) is 18.1. The van der Waals surface area contributed by atoms with E-state index in [1.165, 1.54) is 12.2 Å². The molecule has 0 bridgehead atoms. The molecule has 1 aliphatic heterocycles. The van der Waals surface area contributed by atoms with Gasteiger partial charge in [-0.15, -0.1) is 0 Å². The van der Waals surface area contributed by atoms with Crippen LogP contribution in [0.3, 0.4) is 0 Å². The fourth-order valence-corrected chi connectivity index (χ4v) is 4.21. The summed E-state index contributed by atoms with van der Waals surface area (Å²) < 4.78 is 34.6. The summed E-state index contributed by atoms with van der Waals surface area (Å²) in [6.45, 7) is 4.87. The molecule has 2 unspecified atom stereocenters. The number of carboxylic acids is 1. The Balaban J connectivity index is 1.64. The number of piperidine rings is 1. The number of benzene rings is 1. The van der Waals surface area contributed by atoms with Crippen molar-refractivity contribution in [2.45, 2.75) is 50.5 Å². The van der Waals surface area contributed by atoms with Crippen LogP contribution in [0.25, 0.3) is 0 Å². The molecule has 0 aromatic heterocycles. The minimum absolute atomic E-state index is 0.0929. The third-order valence-corrected chi connectivity index (χ3v) is 5.91. The second-order valence-corrected chi connectivity index (χ2v) is 9.09. The monoisotopic (exact) mass is 435 g/mol. The van der Waals surface area contributed by atoms with E-state index in [0.29, 0.717) is 25.2 Å². The molecule has 31 heavy (non-hydrogen) atoms. The minimum atomic E-state index is -2.12.